The van der Waals surface area contributed by atoms with Gasteiger partial charge in [-0.2, -0.15) is 0 Å². The summed E-state index contributed by atoms with van der Waals surface area (Å²) in [5, 5.41) is 1.92. The van der Waals surface area contributed by atoms with E-state index in [0.717, 1.165) is 5.31 Å². The standard InChI is InChI=1S/C17H18BNO3/c1-16(2)17(3,4)22-18(21-16)12-8-9-13-14-10(12)6-5-7-11(14)15(20)19-13/h5-9H,1-4H3,(H,19,20)/i5D,7D/hD. The summed E-state index contributed by atoms with van der Waals surface area (Å²) in [6.07, 6.45) is 0. The van der Waals surface area contributed by atoms with Crippen LogP contribution < -0.4 is 10.8 Å². The smallest absolute Gasteiger partial charge is 0.399 e. The second-order valence-electron chi connectivity index (χ2n) is 6.76. The van der Waals surface area contributed by atoms with Gasteiger partial charge in [-0.15, -0.1) is 0 Å². The fourth-order valence-electron chi connectivity index (χ4n) is 2.88. The van der Waals surface area contributed by atoms with Crippen LogP contribution in [0.25, 0.3) is 10.8 Å². The van der Waals surface area contributed by atoms with Gasteiger partial charge in [0.1, 0.15) is 0 Å². The maximum absolute atomic E-state index is 12.4. The number of rotatable bonds is 1. The van der Waals surface area contributed by atoms with E-state index < -0.39 is 24.2 Å². The van der Waals surface area contributed by atoms with Crippen LogP contribution in [0.1, 0.15) is 40.8 Å². The molecular formula is C17H18BNO3. The number of benzene rings is 2. The van der Waals surface area contributed by atoms with Crippen molar-refractivity contribution in [1.29, 1.82) is 0 Å². The van der Waals surface area contributed by atoms with Gasteiger partial charge in [0, 0.05) is 16.6 Å². The van der Waals surface area contributed by atoms with Crippen LogP contribution in [-0.4, -0.2) is 24.2 Å². The molecule has 0 unspecified atom stereocenters. The molecule has 0 bridgehead atoms. The first-order chi connectivity index (χ1) is 11.5. The van der Waals surface area contributed by atoms with Crippen molar-refractivity contribution >= 4 is 34.9 Å². The zero-order valence-corrected chi connectivity index (χ0v) is 13.0. The lowest BCUT2D eigenvalue weighted by Gasteiger charge is -2.32. The molecule has 2 heterocycles. The van der Waals surface area contributed by atoms with Crippen LogP contribution >= 0.6 is 0 Å². The van der Waals surface area contributed by atoms with Gasteiger partial charge >= 0.3 is 7.12 Å². The summed E-state index contributed by atoms with van der Waals surface area (Å²) in [6, 6.07) is 4.79. The lowest BCUT2D eigenvalue weighted by Crippen LogP contribution is -2.41. The van der Waals surface area contributed by atoms with E-state index in [-0.39, 0.29) is 17.6 Å². The molecule has 0 radical (unpaired) electrons. The molecule has 0 aliphatic carbocycles. The molecule has 4 nitrogen and oxygen atoms in total. The highest BCUT2D eigenvalue weighted by Crippen LogP contribution is 2.38. The highest BCUT2D eigenvalue weighted by molar-refractivity contribution is 6.65. The lowest BCUT2D eigenvalue weighted by molar-refractivity contribution is 0.00578. The molecule has 112 valence electrons. The third-order valence-corrected chi connectivity index (χ3v) is 4.86. The first-order valence-electron chi connectivity index (χ1n) is 8.75. The van der Waals surface area contributed by atoms with Crippen molar-refractivity contribution in [3.63, 3.8) is 0 Å². The molecule has 0 aromatic heterocycles. The Bertz CT molecular complexity index is 929. The van der Waals surface area contributed by atoms with Gasteiger partial charge < -0.3 is 14.6 Å². The quantitative estimate of drug-likeness (QED) is 0.823. The number of anilines is 1. The molecule has 2 aromatic rings. The van der Waals surface area contributed by atoms with Crippen LogP contribution in [0.4, 0.5) is 5.69 Å². The van der Waals surface area contributed by atoms with Gasteiger partial charge in [-0.25, -0.2) is 0 Å². The van der Waals surface area contributed by atoms with Crippen LogP contribution in [0, 0.1) is 0 Å². The van der Waals surface area contributed by atoms with Gasteiger partial charge in [0.15, 0.2) is 1.41 Å². The summed E-state index contributed by atoms with van der Waals surface area (Å²) < 4.78 is 36.3. The Morgan fingerprint density at radius 2 is 1.86 bits per heavy atom. The minimum atomic E-state index is -0.641. The minimum absolute atomic E-state index is 0.0546. The first kappa shape index (κ1) is 10.8. The van der Waals surface area contributed by atoms with Gasteiger partial charge in [-0.05, 0) is 50.7 Å². The Kier molecular flexibility index (Phi) is 2.02. The van der Waals surface area contributed by atoms with Crippen molar-refractivity contribution in [2.24, 2.45) is 0 Å². The molecule has 5 heteroatoms. The summed E-state index contributed by atoms with van der Waals surface area (Å²) >= 11 is 0. The zero-order chi connectivity index (χ0) is 18.3. The summed E-state index contributed by atoms with van der Waals surface area (Å²) in [6.45, 7) is 7.83. The fourth-order valence-corrected chi connectivity index (χ4v) is 2.88. The van der Waals surface area contributed by atoms with Crippen molar-refractivity contribution in [2.45, 2.75) is 38.9 Å². The maximum atomic E-state index is 12.4. The largest absolute Gasteiger partial charge is 0.495 e. The van der Waals surface area contributed by atoms with E-state index >= 15 is 0 Å². The molecule has 0 saturated carbocycles. The van der Waals surface area contributed by atoms with Crippen molar-refractivity contribution in [1.82, 2.24) is 0 Å². The number of amides is 1. The van der Waals surface area contributed by atoms with E-state index in [9.17, 15) is 4.79 Å². The van der Waals surface area contributed by atoms with Crippen molar-refractivity contribution < 1.29 is 18.3 Å². The highest BCUT2D eigenvalue weighted by Gasteiger charge is 2.52. The SMILES string of the molecule is [2H]c1cc2c(B3OC(C)(C)C(C)(C)O3)ccc3c2c(c1[2H])C(=O)N3[2H]. The summed E-state index contributed by atoms with van der Waals surface area (Å²) in [5.74, 6) is -0.579. The molecule has 2 aromatic carbocycles. The topological polar surface area (TPSA) is 47.6 Å². The van der Waals surface area contributed by atoms with Crippen molar-refractivity contribution in [3.8, 4) is 0 Å². The molecule has 0 atom stereocenters. The average Bonchev–Trinajstić information content (AvgIpc) is 2.89. The Morgan fingerprint density at radius 3 is 2.55 bits per heavy atom. The van der Waals surface area contributed by atoms with Crippen LogP contribution in [0.3, 0.4) is 0 Å². The summed E-state index contributed by atoms with van der Waals surface area (Å²) in [4.78, 5) is 12.4. The highest BCUT2D eigenvalue weighted by atomic mass is 16.7. The van der Waals surface area contributed by atoms with E-state index in [1.165, 1.54) is 0 Å². The number of hydrogen-bond donors (Lipinski definition) is 1. The minimum Gasteiger partial charge on any atom is -0.399 e. The Balaban J connectivity index is 1.98. The number of carbonyl (C=O) groups is 1. The predicted molar refractivity (Wildman–Crippen MR) is 87.6 cm³/mol. The molecule has 22 heavy (non-hydrogen) atoms. The summed E-state index contributed by atoms with van der Waals surface area (Å²) in [7, 11) is -0.641. The normalized spacial score (nSPS) is 23.8. The van der Waals surface area contributed by atoms with Crippen LogP contribution in [0.2, 0.25) is 1.41 Å². The molecule has 1 fully saturated rings. The van der Waals surface area contributed by atoms with Crippen molar-refractivity contribution in [3.05, 3.63) is 35.8 Å². The predicted octanol–water partition coefficient (Wildman–Crippen LogP) is 2.70. The van der Waals surface area contributed by atoms with Gasteiger partial charge in [0.25, 0.3) is 5.91 Å². The van der Waals surface area contributed by atoms with Crippen LogP contribution in [0.15, 0.2) is 30.3 Å². The monoisotopic (exact) mass is 298 g/mol. The lowest BCUT2D eigenvalue weighted by atomic mass is 9.75. The van der Waals surface area contributed by atoms with E-state index in [1.54, 1.807) is 18.2 Å². The van der Waals surface area contributed by atoms with E-state index in [1.807, 2.05) is 27.7 Å². The van der Waals surface area contributed by atoms with Crippen molar-refractivity contribution in [2.75, 3.05) is 5.31 Å². The second kappa shape index (κ2) is 4.12. The molecular weight excluding hydrogens is 277 g/mol. The first-order valence-corrected chi connectivity index (χ1v) is 7.31. The van der Waals surface area contributed by atoms with E-state index in [0.29, 0.717) is 21.9 Å². The van der Waals surface area contributed by atoms with E-state index in [2.05, 4.69) is 0 Å². The molecule has 1 N–H and O–H groups in total. The Labute approximate surface area is 134 Å². The average molecular weight is 298 g/mol. The zero-order valence-electron chi connectivity index (χ0n) is 16.0. The van der Waals surface area contributed by atoms with Gasteiger partial charge in [0.05, 0.1) is 13.9 Å². The van der Waals surface area contributed by atoms with Gasteiger partial charge in [-0.3, -0.25) is 4.79 Å². The third kappa shape index (κ3) is 1.69. The molecule has 0 spiro atoms. The van der Waals surface area contributed by atoms with Crippen LogP contribution in [0.5, 0.6) is 0 Å². The molecule has 2 aliphatic rings. The number of hydrogen-bond acceptors (Lipinski definition) is 3. The second-order valence-corrected chi connectivity index (χ2v) is 6.76. The Hall–Kier alpha value is -1.85. The fraction of sp³-hybridized carbons (Fsp3) is 0.353. The van der Waals surface area contributed by atoms with Gasteiger partial charge in [-0.1, -0.05) is 18.2 Å². The molecule has 2 aliphatic heterocycles. The van der Waals surface area contributed by atoms with Crippen LogP contribution in [-0.2, 0) is 9.31 Å². The molecule has 1 saturated heterocycles. The Morgan fingerprint density at radius 1 is 1.18 bits per heavy atom. The van der Waals surface area contributed by atoms with Gasteiger partial charge in [0.2, 0.25) is 0 Å². The van der Waals surface area contributed by atoms with E-state index in [4.69, 9.17) is 13.5 Å². The molecule has 4 rings (SSSR count). The maximum Gasteiger partial charge on any atom is 0.495 e. The number of carbonyl (C=O) groups excluding carboxylic acids is 1. The molecule has 1 amide bonds. The number of nitrogens with one attached hydrogen (secondary N) is 1. The third-order valence-electron chi connectivity index (χ3n) is 4.86. The summed E-state index contributed by atoms with van der Waals surface area (Å²) in [5.41, 5.74) is 0.203.